The normalized spacial score (nSPS) is 17.4. The van der Waals surface area contributed by atoms with Crippen LogP contribution >= 0.6 is 23.2 Å². The first-order chi connectivity index (χ1) is 15.5. The fourth-order valence-electron chi connectivity index (χ4n) is 3.43. The molecule has 0 bridgehead atoms. The van der Waals surface area contributed by atoms with Crippen molar-refractivity contribution in [1.29, 1.82) is 0 Å². The standard InChI is InChI=1S/C24H26Cl2N2O5/c1-24(2,3)23(31)33-13-32-22(30)19-12-18(21-16(26)10-15(25)11-17(21)27-19)28-20(29)9-14-7-5-4-6-8-14/h4-8,10-11,18-19,27H,9,12-13H2,1-3H3,(H,28,29)/t18-,19+/m1/s1. The van der Waals surface area contributed by atoms with Crippen molar-refractivity contribution in [3.63, 3.8) is 0 Å². The van der Waals surface area contributed by atoms with Gasteiger partial charge in [-0.15, -0.1) is 0 Å². The van der Waals surface area contributed by atoms with Crippen LogP contribution in [0.4, 0.5) is 5.69 Å². The molecular weight excluding hydrogens is 467 g/mol. The molecule has 0 unspecified atom stereocenters. The lowest BCUT2D eigenvalue weighted by molar-refractivity contribution is -0.173. The summed E-state index contributed by atoms with van der Waals surface area (Å²) in [6.07, 6.45) is 0.379. The monoisotopic (exact) mass is 492 g/mol. The highest BCUT2D eigenvalue weighted by atomic mass is 35.5. The molecule has 0 aliphatic carbocycles. The molecule has 2 aromatic carbocycles. The number of benzene rings is 2. The first-order valence-corrected chi connectivity index (χ1v) is 11.2. The van der Waals surface area contributed by atoms with Gasteiger partial charge < -0.3 is 20.1 Å². The summed E-state index contributed by atoms with van der Waals surface area (Å²) in [4.78, 5) is 37.3. The second kappa shape index (κ2) is 10.4. The number of carbonyl (C=O) groups excluding carboxylic acids is 3. The summed E-state index contributed by atoms with van der Waals surface area (Å²) >= 11 is 12.6. The van der Waals surface area contributed by atoms with Crippen molar-refractivity contribution in [1.82, 2.24) is 5.32 Å². The Morgan fingerprint density at radius 3 is 2.45 bits per heavy atom. The zero-order valence-electron chi connectivity index (χ0n) is 18.6. The number of carbonyl (C=O) groups is 3. The molecule has 0 saturated carbocycles. The largest absolute Gasteiger partial charge is 0.427 e. The molecule has 176 valence electrons. The van der Waals surface area contributed by atoms with E-state index in [-0.39, 0.29) is 18.7 Å². The van der Waals surface area contributed by atoms with E-state index >= 15 is 0 Å². The lowest BCUT2D eigenvalue weighted by atomic mass is 9.92. The number of nitrogens with one attached hydrogen (secondary N) is 2. The lowest BCUT2D eigenvalue weighted by Crippen LogP contribution is -2.42. The van der Waals surface area contributed by atoms with Crippen LogP contribution in [0, 0.1) is 5.41 Å². The zero-order valence-corrected chi connectivity index (χ0v) is 20.1. The molecule has 3 rings (SSSR count). The van der Waals surface area contributed by atoms with Gasteiger partial charge in [0.05, 0.1) is 17.9 Å². The Balaban J connectivity index is 1.72. The van der Waals surface area contributed by atoms with E-state index in [1.807, 2.05) is 30.3 Å². The van der Waals surface area contributed by atoms with E-state index in [9.17, 15) is 14.4 Å². The van der Waals surface area contributed by atoms with Gasteiger partial charge in [0, 0.05) is 27.7 Å². The fourth-order valence-corrected chi connectivity index (χ4v) is 4.05. The van der Waals surface area contributed by atoms with Gasteiger partial charge >= 0.3 is 11.9 Å². The van der Waals surface area contributed by atoms with Crippen molar-refractivity contribution in [2.45, 2.75) is 45.7 Å². The number of hydrogen-bond acceptors (Lipinski definition) is 6. The van der Waals surface area contributed by atoms with Crippen LogP contribution in [0.3, 0.4) is 0 Å². The van der Waals surface area contributed by atoms with E-state index < -0.39 is 36.2 Å². The summed E-state index contributed by atoms with van der Waals surface area (Å²) in [5.41, 5.74) is 1.32. The van der Waals surface area contributed by atoms with Crippen LogP contribution < -0.4 is 10.6 Å². The molecule has 0 aromatic heterocycles. The molecule has 0 fully saturated rings. The highest BCUT2D eigenvalue weighted by Gasteiger charge is 2.35. The van der Waals surface area contributed by atoms with Gasteiger partial charge in [0.1, 0.15) is 6.04 Å². The number of hydrogen-bond donors (Lipinski definition) is 2. The smallest absolute Gasteiger partial charge is 0.331 e. The summed E-state index contributed by atoms with van der Waals surface area (Å²) in [7, 11) is 0. The van der Waals surface area contributed by atoms with Crippen molar-refractivity contribution in [3.05, 3.63) is 63.6 Å². The Bertz CT molecular complexity index is 1040. The zero-order chi connectivity index (χ0) is 24.2. The molecule has 0 saturated heterocycles. The fraction of sp³-hybridized carbons (Fsp3) is 0.375. The minimum atomic E-state index is -0.803. The lowest BCUT2D eigenvalue weighted by Gasteiger charge is -2.33. The average molecular weight is 493 g/mol. The van der Waals surface area contributed by atoms with Crippen LogP contribution in [-0.2, 0) is 30.3 Å². The number of ether oxygens (including phenoxy) is 2. The molecule has 1 aliphatic rings. The van der Waals surface area contributed by atoms with Crippen LogP contribution in [0.1, 0.15) is 44.4 Å². The molecule has 2 N–H and O–H groups in total. The minimum absolute atomic E-state index is 0.184. The van der Waals surface area contributed by atoms with Crippen molar-refractivity contribution in [3.8, 4) is 0 Å². The highest BCUT2D eigenvalue weighted by molar-refractivity contribution is 6.35. The summed E-state index contributed by atoms with van der Waals surface area (Å²) in [6.45, 7) is 4.61. The number of amides is 1. The Hall–Kier alpha value is -2.77. The summed E-state index contributed by atoms with van der Waals surface area (Å²) in [5, 5.41) is 6.79. The number of esters is 2. The third kappa shape index (κ3) is 6.62. The summed E-state index contributed by atoms with van der Waals surface area (Å²) in [6, 6.07) is 11.2. The maximum absolute atomic E-state index is 12.7. The van der Waals surface area contributed by atoms with E-state index in [1.165, 1.54) is 0 Å². The van der Waals surface area contributed by atoms with E-state index in [2.05, 4.69) is 10.6 Å². The van der Waals surface area contributed by atoms with E-state index in [4.69, 9.17) is 32.7 Å². The van der Waals surface area contributed by atoms with E-state index in [0.717, 1.165) is 5.56 Å². The number of anilines is 1. The molecular formula is C24H26Cl2N2O5. The van der Waals surface area contributed by atoms with Crippen LogP contribution in [0.5, 0.6) is 0 Å². The predicted molar refractivity (Wildman–Crippen MR) is 126 cm³/mol. The van der Waals surface area contributed by atoms with Gasteiger partial charge in [-0.3, -0.25) is 9.59 Å². The van der Waals surface area contributed by atoms with E-state index in [1.54, 1.807) is 32.9 Å². The third-order valence-electron chi connectivity index (χ3n) is 5.07. The van der Waals surface area contributed by atoms with Crippen LogP contribution in [-0.4, -0.2) is 30.7 Å². The van der Waals surface area contributed by atoms with Gasteiger partial charge in [0.25, 0.3) is 0 Å². The molecule has 1 aliphatic heterocycles. The van der Waals surface area contributed by atoms with Crippen LogP contribution in [0.15, 0.2) is 42.5 Å². The van der Waals surface area contributed by atoms with Gasteiger partial charge in [-0.2, -0.15) is 0 Å². The maximum atomic E-state index is 12.7. The number of halogens is 2. The van der Waals surface area contributed by atoms with Gasteiger partial charge in [-0.1, -0.05) is 53.5 Å². The predicted octanol–water partition coefficient (Wildman–Crippen LogP) is 4.67. The first kappa shape index (κ1) is 24.9. The molecule has 1 amide bonds. The number of rotatable bonds is 6. The quantitative estimate of drug-likeness (QED) is 0.449. The van der Waals surface area contributed by atoms with Crippen molar-refractivity contribution in [2.24, 2.45) is 5.41 Å². The minimum Gasteiger partial charge on any atom is -0.427 e. The molecule has 0 spiro atoms. The molecule has 1 heterocycles. The summed E-state index contributed by atoms with van der Waals surface area (Å²) in [5.74, 6) is -1.32. The molecule has 33 heavy (non-hydrogen) atoms. The second-order valence-corrected chi connectivity index (χ2v) is 9.67. The first-order valence-electron chi connectivity index (χ1n) is 10.5. The molecule has 7 nitrogen and oxygen atoms in total. The van der Waals surface area contributed by atoms with Gasteiger partial charge in [0.15, 0.2) is 0 Å². The third-order valence-corrected chi connectivity index (χ3v) is 5.61. The second-order valence-electron chi connectivity index (χ2n) is 8.83. The topological polar surface area (TPSA) is 93.7 Å². The Labute approximate surface area is 202 Å². The van der Waals surface area contributed by atoms with Crippen molar-refractivity contribution in [2.75, 3.05) is 12.1 Å². The van der Waals surface area contributed by atoms with E-state index in [0.29, 0.717) is 21.3 Å². The maximum Gasteiger partial charge on any atom is 0.331 e. The van der Waals surface area contributed by atoms with Gasteiger partial charge in [0.2, 0.25) is 12.7 Å². The molecule has 2 atom stereocenters. The average Bonchev–Trinajstić information content (AvgIpc) is 2.72. The molecule has 2 aromatic rings. The SMILES string of the molecule is CC(C)(C)C(=O)OCOC(=O)[C@@H]1C[C@@H](NC(=O)Cc2ccccc2)c2c(Cl)cc(Cl)cc2N1. The molecule has 0 radical (unpaired) electrons. The highest BCUT2D eigenvalue weighted by Crippen LogP contribution is 2.40. The number of fused-ring (bicyclic) bond motifs is 1. The van der Waals surface area contributed by atoms with Crippen molar-refractivity contribution >= 4 is 46.7 Å². The Kier molecular flexibility index (Phi) is 7.87. The summed E-state index contributed by atoms with van der Waals surface area (Å²) < 4.78 is 10.2. The Morgan fingerprint density at radius 2 is 1.79 bits per heavy atom. The Morgan fingerprint density at radius 1 is 1.09 bits per heavy atom. The van der Waals surface area contributed by atoms with Crippen LogP contribution in [0.25, 0.3) is 0 Å². The van der Waals surface area contributed by atoms with Crippen LogP contribution in [0.2, 0.25) is 10.0 Å². The van der Waals surface area contributed by atoms with Gasteiger partial charge in [-0.05, 0) is 38.5 Å². The van der Waals surface area contributed by atoms with Gasteiger partial charge in [-0.25, -0.2) is 4.79 Å². The van der Waals surface area contributed by atoms with Crippen molar-refractivity contribution < 1.29 is 23.9 Å². The molecule has 9 heteroatoms.